The van der Waals surface area contributed by atoms with Gasteiger partial charge in [-0.25, -0.2) is 4.68 Å². The maximum Gasteiger partial charge on any atom is 0.273 e. The van der Waals surface area contributed by atoms with Gasteiger partial charge in [0.15, 0.2) is 12.0 Å². The summed E-state index contributed by atoms with van der Waals surface area (Å²) in [4.78, 5) is 12.3. The van der Waals surface area contributed by atoms with Crippen LogP contribution in [0, 0.1) is 0 Å². The molecule has 2 rings (SSSR count). The number of aromatic nitrogens is 3. The van der Waals surface area contributed by atoms with Crippen molar-refractivity contribution in [3.63, 3.8) is 0 Å². The molecule has 0 spiro atoms. The fourth-order valence-electron chi connectivity index (χ4n) is 2.44. The van der Waals surface area contributed by atoms with Crippen LogP contribution in [0.15, 0.2) is 30.5 Å². The molecule has 0 saturated heterocycles. The Labute approximate surface area is 153 Å². The normalized spacial score (nSPS) is 11.1. The first kappa shape index (κ1) is 20.0. The van der Waals surface area contributed by atoms with Crippen LogP contribution in [0.5, 0.6) is 0 Å². The van der Waals surface area contributed by atoms with Crippen LogP contribution in [0.3, 0.4) is 0 Å². The van der Waals surface area contributed by atoms with Crippen molar-refractivity contribution in [3.05, 3.63) is 47.3 Å². The molecule has 0 aliphatic heterocycles. The number of carbonyl (C=O) groups is 1. The number of carbonyl (C=O) groups excluding carboxylic acids is 1. The van der Waals surface area contributed by atoms with E-state index >= 15 is 0 Å². The Hall–Kier alpha value is -2.29. The summed E-state index contributed by atoms with van der Waals surface area (Å²) in [6, 6.07) is 7.86. The van der Waals surface area contributed by atoms with Crippen molar-refractivity contribution < 1.29 is 19.0 Å². The van der Waals surface area contributed by atoms with Gasteiger partial charge in [0.05, 0.1) is 19.3 Å². The minimum atomic E-state index is -0.411. The Balaban J connectivity index is 1.90. The minimum absolute atomic E-state index is 0.254. The van der Waals surface area contributed by atoms with Gasteiger partial charge in [-0.05, 0) is 25.0 Å². The summed E-state index contributed by atoms with van der Waals surface area (Å²) in [6.45, 7) is 6.19. The molecule has 0 atom stereocenters. The van der Waals surface area contributed by atoms with E-state index in [1.165, 1.54) is 0 Å². The lowest BCUT2D eigenvalue weighted by Crippen LogP contribution is -2.24. The van der Waals surface area contributed by atoms with E-state index in [0.717, 1.165) is 11.1 Å². The number of hydrogen-bond acceptors (Lipinski definition) is 6. The lowest BCUT2D eigenvalue weighted by atomic mass is 10.1. The smallest absolute Gasteiger partial charge is 0.273 e. The molecular weight excluding hydrogens is 336 g/mol. The minimum Gasteiger partial charge on any atom is -0.380 e. The molecule has 1 amide bonds. The third-order valence-electron chi connectivity index (χ3n) is 3.57. The SMILES string of the molecule is CCOC(Cn1cc(C(=O)NCc2cccc(COC)c2)nn1)OCC. The first-order valence-corrected chi connectivity index (χ1v) is 8.64. The lowest BCUT2D eigenvalue weighted by molar-refractivity contribution is -0.145. The van der Waals surface area contributed by atoms with Crippen LogP contribution >= 0.6 is 0 Å². The van der Waals surface area contributed by atoms with Crippen LogP contribution in [0.4, 0.5) is 0 Å². The summed E-state index contributed by atoms with van der Waals surface area (Å²) >= 11 is 0. The van der Waals surface area contributed by atoms with Gasteiger partial charge in [-0.15, -0.1) is 5.10 Å². The predicted octanol–water partition coefficient (Wildman–Crippen LogP) is 1.75. The Kier molecular flexibility index (Phi) is 8.20. The van der Waals surface area contributed by atoms with Gasteiger partial charge in [0.1, 0.15) is 0 Å². The standard InChI is InChI=1S/C18H26N4O4/c1-4-25-17(26-5-2)12-22-11-16(20-21-22)18(23)19-10-14-7-6-8-15(9-14)13-24-3/h6-9,11,17H,4-5,10,12-13H2,1-3H3,(H,19,23). The number of methoxy groups -OCH3 is 1. The van der Waals surface area contributed by atoms with Gasteiger partial charge in [0, 0.05) is 26.9 Å². The number of rotatable bonds is 11. The highest BCUT2D eigenvalue weighted by atomic mass is 16.7. The van der Waals surface area contributed by atoms with Crippen molar-refractivity contribution in [1.29, 1.82) is 0 Å². The van der Waals surface area contributed by atoms with Gasteiger partial charge in [-0.2, -0.15) is 0 Å². The molecule has 8 heteroatoms. The van der Waals surface area contributed by atoms with Gasteiger partial charge < -0.3 is 19.5 Å². The van der Waals surface area contributed by atoms with Crippen LogP contribution in [0.1, 0.15) is 35.5 Å². The average molecular weight is 362 g/mol. The Morgan fingerprint density at radius 1 is 1.23 bits per heavy atom. The van der Waals surface area contributed by atoms with E-state index < -0.39 is 6.29 Å². The topological polar surface area (TPSA) is 87.5 Å². The van der Waals surface area contributed by atoms with Crippen LogP contribution in [0.2, 0.25) is 0 Å². The summed E-state index contributed by atoms with van der Waals surface area (Å²) in [5.74, 6) is -0.280. The molecule has 26 heavy (non-hydrogen) atoms. The van der Waals surface area contributed by atoms with Gasteiger partial charge in [0.25, 0.3) is 5.91 Å². The number of nitrogens with zero attached hydrogens (tertiary/aromatic N) is 3. The first-order chi connectivity index (χ1) is 12.7. The monoisotopic (exact) mass is 362 g/mol. The summed E-state index contributed by atoms with van der Waals surface area (Å²) in [7, 11) is 1.65. The van der Waals surface area contributed by atoms with E-state index in [4.69, 9.17) is 14.2 Å². The summed E-state index contributed by atoms with van der Waals surface area (Å²) in [5, 5.41) is 10.7. The quantitative estimate of drug-likeness (QED) is 0.613. The van der Waals surface area contributed by atoms with E-state index in [2.05, 4.69) is 15.6 Å². The van der Waals surface area contributed by atoms with E-state index in [-0.39, 0.29) is 11.6 Å². The van der Waals surface area contributed by atoms with E-state index in [1.807, 2.05) is 38.1 Å². The molecule has 0 bridgehead atoms. The highest BCUT2D eigenvalue weighted by molar-refractivity contribution is 5.91. The van der Waals surface area contributed by atoms with Gasteiger partial charge in [-0.1, -0.05) is 29.5 Å². The average Bonchev–Trinajstić information content (AvgIpc) is 3.09. The van der Waals surface area contributed by atoms with Crippen molar-refractivity contribution in [2.45, 2.75) is 39.8 Å². The second-order valence-electron chi connectivity index (χ2n) is 5.60. The summed E-state index contributed by atoms with van der Waals surface area (Å²) < 4.78 is 17.6. The van der Waals surface area contributed by atoms with Crippen molar-refractivity contribution in [1.82, 2.24) is 20.3 Å². The maximum atomic E-state index is 12.3. The molecule has 0 saturated carbocycles. The highest BCUT2D eigenvalue weighted by Gasteiger charge is 2.14. The van der Waals surface area contributed by atoms with Gasteiger partial charge in [-0.3, -0.25) is 4.79 Å². The third kappa shape index (κ3) is 6.21. The van der Waals surface area contributed by atoms with E-state index in [0.29, 0.717) is 32.9 Å². The van der Waals surface area contributed by atoms with Crippen LogP contribution < -0.4 is 5.32 Å². The maximum absolute atomic E-state index is 12.3. The highest BCUT2D eigenvalue weighted by Crippen LogP contribution is 2.07. The molecule has 0 radical (unpaired) electrons. The zero-order valence-corrected chi connectivity index (χ0v) is 15.5. The molecule has 1 aromatic carbocycles. The zero-order chi connectivity index (χ0) is 18.8. The van der Waals surface area contributed by atoms with Crippen molar-refractivity contribution >= 4 is 5.91 Å². The molecule has 8 nitrogen and oxygen atoms in total. The Morgan fingerprint density at radius 2 is 1.96 bits per heavy atom. The molecular formula is C18H26N4O4. The summed E-state index contributed by atoms with van der Waals surface area (Å²) in [6.07, 6.45) is 1.17. The van der Waals surface area contributed by atoms with Crippen LogP contribution in [-0.2, 0) is 33.9 Å². The molecule has 2 aromatic rings. The molecule has 0 fully saturated rings. The molecule has 1 heterocycles. The predicted molar refractivity (Wildman–Crippen MR) is 95.4 cm³/mol. The molecule has 0 aliphatic carbocycles. The second kappa shape index (κ2) is 10.6. The molecule has 0 unspecified atom stereocenters. The summed E-state index contributed by atoms with van der Waals surface area (Å²) in [5.41, 5.74) is 2.31. The Bertz CT molecular complexity index is 683. The van der Waals surface area contributed by atoms with Gasteiger partial charge in [0.2, 0.25) is 0 Å². The van der Waals surface area contributed by atoms with Gasteiger partial charge >= 0.3 is 0 Å². The number of benzene rings is 1. The van der Waals surface area contributed by atoms with Crippen molar-refractivity contribution in [3.8, 4) is 0 Å². The molecule has 142 valence electrons. The van der Waals surface area contributed by atoms with Crippen LogP contribution in [0.25, 0.3) is 0 Å². The number of hydrogen-bond donors (Lipinski definition) is 1. The van der Waals surface area contributed by atoms with Crippen LogP contribution in [-0.4, -0.2) is 47.5 Å². The second-order valence-corrected chi connectivity index (χ2v) is 5.60. The van der Waals surface area contributed by atoms with E-state index in [9.17, 15) is 4.79 Å². The third-order valence-corrected chi connectivity index (χ3v) is 3.57. The fraction of sp³-hybridized carbons (Fsp3) is 0.500. The number of amides is 1. The first-order valence-electron chi connectivity index (χ1n) is 8.64. The van der Waals surface area contributed by atoms with E-state index in [1.54, 1.807) is 18.0 Å². The fourth-order valence-corrected chi connectivity index (χ4v) is 2.44. The molecule has 0 aliphatic rings. The van der Waals surface area contributed by atoms with Crippen molar-refractivity contribution in [2.24, 2.45) is 0 Å². The van der Waals surface area contributed by atoms with Crippen molar-refractivity contribution in [2.75, 3.05) is 20.3 Å². The molecule has 1 aromatic heterocycles. The zero-order valence-electron chi connectivity index (χ0n) is 15.5. The largest absolute Gasteiger partial charge is 0.380 e. The lowest BCUT2D eigenvalue weighted by Gasteiger charge is -2.16. The number of ether oxygens (including phenoxy) is 3. The molecule has 1 N–H and O–H groups in total. The Morgan fingerprint density at radius 3 is 2.65 bits per heavy atom. The number of nitrogens with one attached hydrogen (secondary N) is 1.